The zero-order chi connectivity index (χ0) is 37.6. The average Bonchev–Trinajstić information content (AvgIpc) is 3.10. The highest BCUT2D eigenvalue weighted by molar-refractivity contribution is 6.06. The number of benzene rings is 4. The second-order valence-corrected chi connectivity index (χ2v) is 12.9. The normalized spacial score (nSPS) is 16.6. The van der Waals surface area contributed by atoms with Crippen LogP contribution in [0.5, 0.6) is 5.75 Å². The van der Waals surface area contributed by atoms with E-state index in [0.717, 1.165) is 29.8 Å². The summed E-state index contributed by atoms with van der Waals surface area (Å²) in [6.45, 7) is 4.76. The third-order valence-corrected chi connectivity index (χ3v) is 8.76. The van der Waals surface area contributed by atoms with Crippen molar-refractivity contribution in [3.8, 4) is 5.75 Å². The number of halogens is 3. The van der Waals surface area contributed by atoms with Gasteiger partial charge in [0.15, 0.2) is 0 Å². The van der Waals surface area contributed by atoms with Gasteiger partial charge in [-0.15, -0.1) is 0 Å². The molecule has 4 aromatic carbocycles. The lowest BCUT2D eigenvalue weighted by atomic mass is 9.99. The van der Waals surface area contributed by atoms with Crippen LogP contribution in [0.2, 0.25) is 0 Å². The summed E-state index contributed by atoms with van der Waals surface area (Å²) in [7, 11) is 1.94. The van der Waals surface area contributed by atoms with E-state index in [1.165, 1.54) is 6.07 Å². The van der Waals surface area contributed by atoms with Crippen LogP contribution >= 0.6 is 0 Å². The van der Waals surface area contributed by atoms with Crippen molar-refractivity contribution in [3.05, 3.63) is 113 Å². The van der Waals surface area contributed by atoms with Crippen LogP contribution in [0.3, 0.4) is 0 Å². The van der Waals surface area contributed by atoms with Gasteiger partial charge in [0.25, 0.3) is 11.8 Å². The molecule has 0 unspecified atom stereocenters. The largest absolute Gasteiger partial charge is 0.488 e. The molecule has 0 spiro atoms. The molecule has 0 aromatic heterocycles. The highest BCUT2D eigenvalue weighted by Gasteiger charge is 2.34. The Labute approximate surface area is 299 Å². The summed E-state index contributed by atoms with van der Waals surface area (Å²) in [6, 6.07) is 21.7. The lowest BCUT2D eigenvalue weighted by molar-refractivity contribution is -0.137. The minimum atomic E-state index is -4.50. The van der Waals surface area contributed by atoms with Crippen LogP contribution < -0.4 is 26.4 Å². The van der Waals surface area contributed by atoms with Crippen LogP contribution in [0.15, 0.2) is 91.0 Å². The molecule has 1 heterocycles. The van der Waals surface area contributed by atoms with Gasteiger partial charge in [-0.3, -0.25) is 14.5 Å². The van der Waals surface area contributed by atoms with Gasteiger partial charge in [0.2, 0.25) is 0 Å². The molecule has 3 atom stereocenters. The molecule has 1 aliphatic heterocycles. The molecule has 0 saturated carbocycles. The van der Waals surface area contributed by atoms with Crippen LogP contribution in [-0.2, 0) is 12.7 Å². The van der Waals surface area contributed by atoms with Crippen molar-refractivity contribution in [1.29, 1.82) is 0 Å². The second-order valence-electron chi connectivity index (χ2n) is 12.9. The molecular formula is C38H41F3N6O5. The number of nitrogens with two attached hydrogens (primary N) is 1. The van der Waals surface area contributed by atoms with Crippen molar-refractivity contribution < 1.29 is 37.4 Å². The van der Waals surface area contributed by atoms with E-state index in [2.05, 4.69) is 20.9 Å². The van der Waals surface area contributed by atoms with Crippen molar-refractivity contribution in [2.75, 3.05) is 48.4 Å². The highest BCUT2D eigenvalue weighted by Crippen LogP contribution is 2.32. The number of anilines is 4. The number of carbonyl (C=O) groups excluding carboxylic acids is 3. The van der Waals surface area contributed by atoms with Gasteiger partial charge in [-0.05, 0) is 86.3 Å². The van der Waals surface area contributed by atoms with Crippen molar-refractivity contribution in [1.82, 2.24) is 9.80 Å². The molecule has 1 aliphatic rings. The Balaban J connectivity index is 1.27. The maximum absolute atomic E-state index is 13.8. The predicted molar refractivity (Wildman–Crippen MR) is 193 cm³/mol. The minimum Gasteiger partial charge on any atom is -0.488 e. The first-order valence-electron chi connectivity index (χ1n) is 16.6. The van der Waals surface area contributed by atoms with E-state index in [1.54, 1.807) is 60.4 Å². The van der Waals surface area contributed by atoms with Crippen molar-refractivity contribution in [3.63, 3.8) is 0 Å². The number of hydrogen-bond donors (Lipinski definition) is 5. The number of rotatable bonds is 10. The molecule has 0 fully saturated rings. The number of hydrogen-bond acceptors (Lipinski definition) is 7. The monoisotopic (exact) mass is 718 g/mol. The van der Waals surface area contributed by atoms with E-state index in [9.17, 15) is 32.7 Å². The van der Waals surface area contributed by atoms with E-state index in [4.69, 9.17) is 10.5 Å². The number of carbonyl (C=O) groups is 3. The van der Waals surface area contributed by atoms with E-state index >= 15 is 0 Å². The fourth-order valence-corrected chi connectivity index (χ4v) is 5.80. The number of amides is 4. The summed E-state index contributed by atoms with van der Waals surface area (Å²) in [5.41, 5.74) is 8.15. The third-order valence-electron chi connectivity index (χ3n) is 8.76. The summed E-state index contributed by atoms with van der Waals surface area (Å²) >= 11 is 0. The van der Waals surface area contributed by atoms with Gasteiger partial charge >= 0.3 is 12.2 Å². The van der Waals surface area contributed by atoms with E-state index < -0.39 is 23.8 Å². The maximum Gasteiger partial charge on any atom is 0.416 e. The summed E-state index contributed by atoms with van der Waals surface area (Å²) in [5, 5.41) is 17.9. The van der Waals surface area contributed by atoms with E-state index in [0.29, 0.717) is 42.3 Å². The van der Waals surface area contributed by atoms with Gasteiger partial charge in [0.1, 0.15) is 11.9 Å². The SMILES string of the molecule is C[C@@H]1CN([C@H](C)CO)C(=O)c2cc(NC(=O)Nc3ccc(C(F)(F)F)cc3)ccc2O[C@H]1CN(C)Cc1ccc(C(=O)Nc2ccccc2N)cc1. The van der Waals surface area contributed by atoms with Crippen LogP contribution in [0.25, 0.3) is 0 Å². The Bertz CT molecular complexity index is 1890. The number of aliphatic hydroxyl groups excluding tert-OH is 1. The molecule has 0 saturated heterocycles. The number of ether oxygens (including phenoxy) is 1. The van der Waals surface area contributed by atoms with Crippen LogP contribution in [0, 0.1) is 5.92 Å². The number of nitrogens with zero attached hydrogens (tertiary/aromatic N) is 2. The first-order valence-corrected chi connectivity index (χ1v) is 16.6. The number of nitrogen functional groups attached to an aromatic ring is 1. The zero-order valence-corrected chi connectivity index (χ0v) is 28.9. The zero-order valence-electron chi connectivity index (χ0n) is 28.9. The number of aliphatic hydroxyl groups is 1. The van der Waals surface area contributed by atoms with Crippen LogP contribution in [0.4, 0.5) is 40.7 Å². The molecule has 14 heteroatoms. The molecule has 52 heavy (non-hydrogen) atoms. The summed E-state index contributed by atoms with van der Waals surface area (Å²) in [6.07, 6.45) is -4.88. The first kappa shape index (κ1) is 37.7. The van der Waals surface area contributed by atoms with Gasteiger partial charge < -0.3 is 36.4 Å². The van der Waals surface area contributed by atoms with Gasteiger partial charge in [0, 0.05) is 42.5 Å². The number of urea groups is 1. The Morgan fingerprint density at radius 2 is 1.63 bits per heavy atom. The number of likely N-dealkylation sites (N-methyl/N-ethyl adjacent to an activating group) is 1. The molecule has 11 nitrogen and oxygen atoms in total. The Morgan fingerprint density at radius 1 is 0.981 bits per heavy atom. The molecule has 274 valence electrons. The summed E-state index contributed by atoms with van der Waals surface area (Å²) in [4.78, 5) is 43.0. The summed E-state index contributed by atoms with van der Waals surface area (Å²) in [5.74, 6) is -0.505. The number of fused-ring (bicyclic) bond motifs is 1. The maximum atomic E-state index is 13.8. The first-order chi connectivity index (χ1) is 24.7. The average molecular weight is 719 g/mol. The number of nitrogens with one attached hydrogen (secondary N) is 3. The highest BCUT2D eigenvalue weighted by atomic mass is 19.4. The van der Waals surface area contributed by atoms with Crippen molar-refractivity contribution in [2.45, 2.75) is 38.7 Å². The van der Waals surface area contributed by atoms with Crippen LogP contribution in [-0.4, -0.2) is 71.6 Å². The molecule has 6 N–H and O–H groups in total. The van der Waals surface area contributed by atoms with Gasteiger partial charge in [-0.2, -0.15) is 13.2 Å². The Hall–Kier alpha value is -5.60. The molecular weight excluding hydrogens is 677 g/mol. The van der Waals surface area contributed by atoms with Crippen LogP contribution in [0.1, 0.15) is 45.7 Å². The number of para-hydroxylation sites is 2. The molecule has 4 aromatic rings. The topological polar surface area (TPSA) is 149 Å². The minimum absolute atomic E-state index is 0.141. The quantitative estimate of drug-likeness (QED) is 0.117. The van der Waals surface area contributed by atoms with Gasteiger partial charge in [0.05, 0.1) is 35.2 Å². The predicted octanol–water partition coefficient (Wildman–Crippen LogP) is 6.54. The molecule has 0 radical (unpaired) electrons. The molecule has 4 amide bonds. The van der Waals surface area contributed by atoms with E-state index in [1.807, 2.05) is 26.1 Å². The van der Waals surface area contributed by atoms with E-state index in [-0.39, 0.29) is 47.4 Å². The Kier molecular flexibility index (Phi) is 11.7. The molecule has 5 rings (SSSR count). The lowest BCUT2D eigenvalue weighted by Crippen LogP contribution is -2.49. The van der Waals surface area contributed by atoms with Gasteiger partial charge in [-0.1, -0.05) is 31.2 Å². The number of alkyl halides is 3. The Morgan fingerprint density at radius 3 is 2.29 bits per heavy atom. The lowest BCUT2D eigenvalue weighted by Gasteiger charge is -2.38. The standard InChI is InChI=1S/C38H41F3N6O5/c1-23-19-47(24(2)22-48)36(50)30-18-29(44-37(51)43-28-14-12-27(13-15-28)38(39,40)41)16-17-33(30)52-34(23)21-46(3)20-25-8-10-26(11-9-25)35(49)45-32-7-5-4-6-31(32)42/h4-18,23-24,34,48H,19-22,42H2,1-3H3,(H,45,49)(H2,43,44,51)/t23-,24-,34+/m1/s1. The fourth-order valence-electron chi connectivity index (χ4n) is 5.80. The molecule has 0 aliphatic carbocycles. The smallest absolute Gasteiger partial charge is 0.416 e. The third kappa shape index (κ3) is 9.38. The van der Waals surface area contributed by atoms with Gasteiger partial charge in [-0.25, -0.2) is 4.79 Å². The summed E-state index contributed by atoms with van der Waals surface area (Å²) < 4.78 is 45.2. The molecule has 0 bridgehead atoms. The van der Waals surface area contributed by atoms with Crippen molar-refractivity contribution >= 4 is 40.6 Å². The fraction of sp³-hybridized carbons (Fsp3) is 0.289. The van der Waals surface area contributed by atoms with Crippen molar-refractivity contribution in [2.24, 2.45) is 5.92 Å². The second kappa shape index (κ2) is 16.2.